The molecule has 0 saturated heterocycles. The maximum Gasteiger partial charge on any atom is 0.324 e. The predicted molar refractivity (Wildman–Crippen MR) is 78.2 cm³/mol. The molecular formula is C14H10F2N6O. The van der Waals surface area contributed by atoms with Crippen LogP contribution in [0.4, 0.5) is 25.1 Å². The van der Waals surface area contributed by atoms with Crippen LogP contribution in [0, 0.1) is 11.6 Å². The van der Waals surface area contributed by atoms with E-state index in [0.29, 0.717) is 5.82 Å². The van der Waals surface area contributed by atoms with Crippen LogP contribution in [0.5, 0.6) is 0 Å². The molecule has 0 saturated carbocycles. The van der Waals surface area contributed by atoms with Crippen LogP contribution in [0.15, 0.2) is 49.3 Å². The van der Waals surface area contributed by atoms with Crippen LogP contribution in [-0.2, 0) is 0 Å². The van der Waals surface area contributed by atoms with E-state index in [-0.39, 0.29) is 11.5 Å². The Morgan fingerprint density at radius 1 is 1.09 bits per heavy atom. The van der Waals surface area contributed by atoms with E-state index in [4.69, 9.17) is 0 Å². The molecule has 23 heavy (non-hydrogen) atoms. The molecule has 0 aliphatic rings. The topological polar surface area (TPSA) is 84.7 Å². The summed E-state index contributed by atoms with van der Waals surface area (Å²) in [5.74, 6) is -1.28. The second-order valence-corrected chi connectivity index (χ2v) is 4.44. The van der Waals surface area contributed by atoms with Crippen molar-refractivity contribution in [1.82, 2.24) is 19.5 Å². The van der Waals surface area contributed by atoms with Crippen LogP contribution in [0.3, 0.4) is 0 Å². The number of hydrogen-bond acceptors (Lipinski definition) is 4. The van der Waals surface area contributed by atoms with Gasteiger partial charge in [0.2, 0.25) is 0 Å². The zero-order valence-corrected chi connectivity index (χ0v) is 11.6. The van der Waals surface area contributed by atoms with E-state index in [2.05, 4.69) is 25.6 Å². The number of carbonyl (C=O) groups is 1. The van der Waals surface area contributed by atoms with E-state index < -0.39 is 17.7 Å². The zero-order chi connectivity index (χ0) is 16.2. The Labute approximate surface area is 129 Å². The average Bonchev–Trinajstić information content (AvgIpc) is 3.05. The fourth-order valence-electron chi connectivity index (χ4n) is 1.80. The fraction of sp³-hybridized carbons (Fsp3) is 0. The van der Waals surface area contributed by atoms with Gasteiger partial charge in [0.05, 0.1) is 0 Å². The molecule has 0 aliphatic heterocycles. The molecule has 0 spiro atoms. The van der Waals surface area contributed by atoms with Gasteiger partial charge in [-0.2, -0.15) is 0 Å². The standard InChI is InChI=1S/C14H10F2N6O/c15-10-2-1-9(5-11(10)16)20-14(23)21-12-6-13(19-7-18-12)22-4-3-17-8-22/h1-8H,(H2,18,19,20,21,23). The number of amides is 2. The van der Waals surface area contributed by atoms with Crippen molar-refractivity contribution in [2.24, 2.45) is 0 Å². The number of rotatable bonds is 3. The van der Waals surface area contributed by atoms with Crippen molar-refractivity contribution in [2.45, 2.75) is 0 Å². The molecule has 9 heteroatoms. The van der Waals surface area contributed by atoms with Gasteiger partial charge >= 0.3 is 6.03 Å². The molecule has 0 fully saturated rings. The second-order valence-electron chi connectivity index (χ2n) is 4.44. The molecule has 7 nitrogen and oxygen atoms in total. The highest BCUT2D eigenvalue weighted by molar-refractivity contribution is 5.99. The fourth-order valence-corrected chi connectivity index (χ4v) is 1.80. The Hall–Kier alpha value is -3.36. The number of urea groups is 1. The minimum absolute atomic E-state index is 0.116. The molecule has 116 valence electrons. The molecule has 1 aromatic carbocycles. The van der Waals surface area contributed by atoms with Crippen LogP contribution in [0.2, 0.25) is 0 Å². The third-order valence-corrected chi connectivity index (χ3v) is 2.84. The van der Waals surface area contributed by atoms with Gasteiger partial charge < -0.3 is 5.32 Å². The van der Waals surface area contributed by atoms with E-state index in [0.717, 1.165) is 12.1 Å². The van der Waals surface area contributed by atoms with Gasteiger partial charge in [0, 0.05) is 30.2 Å². The van der Waals surface area contributed by atoms with Crippen LogP contribution in [-0.4, -0.2) is 25.6 Å². The molecule has 0 bridgehead atoms. The van der Waals surface area contributed by atoms with Crippen molar-refractivity contribution in [1.29, 1.82) is 0 Å². The Morgan fingerprint density at radius 3 is 2.70 bits per heavy atom. The van der Waals surface area contributed by atoms with E-state index in [9.17, 15) is 13.6 Å². The van der Waals surface area contributed by atoms with E-state index in [1.165, 1.54) is 18.5 Å². The van der Waals surface area contributed by atoms with Crippen molar-refractivity contribution in [3.05, 3.63) is 60.9 Å². The summed E-state index contributed by atoms with van der Waals surface area (Å²) < 4.78 is 27.6. The maximum atomic E-state index is 13.1. The van der Waals surface area contributed by atoms with Gasteiger partial charge in [-0.3, -0.25) is 9.88 Å². The van der Waals surface area contributed by atoms with E-state index in [1.807, 2.05) is 0 Å². The summed E-state index contributed by atoms with van der Waals surface area (Å²) in [6.45, 7) is 0. The van der Waals surface area contributed by atoms with Crippen LogP contribution in [0.1, 0.15) is 0 Å². The van der Waals surface area contributed by atoms with Gasteiger partial charge in [-0.1, -0.05) is 0 Å². The molecule has 2 amide bonds. The summed E-state index contributed by atoms with van der Waals surface area (Å²) in [6.07, 6.45) is 6.11. The van der Waals surface area contributed by atoms with Crippen molar-refractivity contribution in [3.63, 3.8) is 0 Å². The van der Waals surface area contributed by atoms with Crippen LogP contribution in [0.25, 0.3) is 5.82 Å². The molecule has 3 aromatic rings. The summed E-state index contributed by atoms with van der Waals surface area (Å²) in [5.41, 5.74) is 0.116. The molecule has 2 N–H and O–H groups in total. The number of benzene rings is 1. The first-order valence-electron chi connectivity index (χ1n) is 6.45. The van der Waals surface area contributed by atoms with Gasteiger partial charge in [-0.15, -0.1) is 0 Å². The number of aromatic nitrogens is 4. The number of hydrogen-bond donors (Lipinski definition) is 2. The third kappa shape index (κ3) is 3.46. The summed E-state index contributed by atoms with van der Waals surface area (Å²) >= 11 is 0. The molecule has 0 atom stereocenters. The highest BCUT2D eigenvalue weighted by atomic mass is 19.2. The molecule has 2 aromatic heterocycles. The average molecular weight is 316 g/mol. The first-order chi connectivity index (χ1) is 11.1. The SMILES string of the molecule is O=C(Nc1ccc(F)c(F)c1)Nc1cc(-n2ccnc2)ncn1. The summed E-state index contributed by atoms with van der Waals surface area (Å²) in [6, 6.07) is 3.94. The van der Waals surface area contributed by atoms with E-state index in [1.54, 1.807) is 23.3 Å². The third-order valence-electron chi connectivity index (χ3n) is 2.84. The molecule has 2 heterocycles. The Balaban J connectivity index is 1.70. The molecule has 0 unspecified atom stereocenters. The molecule has 3 rings (SSSR count). The highest BCUT2D eigenvalue weighted by Crippen LogP contribution is 2.14. The Bertz CT molecular complexity index is 837. The lowest BCUT2D eigenvalue weighted by Crippen LogP contribution is -2.20. The zero-order valence-electron chi connectivity index (χ0n) is 11.6. The quantitative estimate of drug-likeness (QED) is 0.778. The van der Waals surface area contributed by atoms with Gasteiger partial charge in [0.25, 0.3) is 0 Å². The molecule has 0 aliphatic carbocycles. The summed E-state index contributed by atoms with van der Waals surface area (Å²) in [5, 5.41) is 4.85. The lowest BCUT2D eigenvalue weighted by molar-refractivity contribution is 0.262. The number of nitrogens with one attached hydrogen (secondary N) is 2. The van der Waals surface area contributed by atoms with Crippen molar-refractivity contribution in [3.8, 4) is 5.82 Å². The minimum atomic E-state index is -1.05. The largest absolute Gasteiger partial charge is 0.324 e. The summed E-state index contributed by atoms with van der Waals surface area (Å²) in [7, 11) is 0. The second kappa shape index (κ2) is 6.18. The van der Waals surface area contributed by atoms with Crippen molar-refractivity contribution >= 4 is 17.5 Å². The van der Waals surface area contributed by atoms with Crippen molar-refractivity contribution in [2.75, 3.05) is 10.6 Å². The maximum absolute atomic E-state index is 13.1. The van der Waals surface area contributed by atoms with E-state index >= 15 is 0 Å². The monoisotopic (exact) mass is 316 g/mol. The van der Waals surface area contributed by atoms with Crippen LogP contribution >= 0.6 is 0 Å². The number of halogens is 2. The summed E-state index contributed by atoms with van der Waals surface area (Å²) in [4.78, 5) is 23.7. The normalized spacial score (nSPS) is 10.3. The number of nitrogens with zero attached hydrogens (tertiary/aromatic N) is 4. The van der Waals surface area contributed by atoms with Crippen molar-refractivity contribution < 1.29 is 13.6 Å². The van der Waals surface area contributed by atoms with Gasteiger partial charge in [0.1, 0.15) is 24.3 Å². The lowest BCUT2D eigenvalue weighted by atomic mass is 10.3. The van der Waals surface area contributed by atoms with Gasteiger partial charge in [-0.25, -0.2) is 28.5 Å². The van der Waals surface area contributed by atoms with Crippen LogP contribution < -0.4 is 10.6 Å². The number of carbonyl (C=O) groups excluding carboxylic acids is 1. The lowest BCUT2D eigenvalue weighted by Gasteiger charge is -2.08. The predicted octanol–water partition coefficient (Wildman–Crippen LogP) is 2.58. The Morgan fingerprint density at radius 2 is 1.96 bits per heavy atom. The first kappa shape index (κ1) is 14.6. The smallest absolute Gasteiger partial charge is 0.308 e. The molecule has 0 radical (unpaired) electrons. The molecular weight excluding hydrogens is 306 g/mol. The number of anilines is 2. The van der Waals surface area contributed by atoms with Gasteiger partial charge in [0.15, 0.2) is 11.6 Å². The van der Waals surface area contributed by atoms with Gasteiger partial charge in [-0.05, 0) is 12.1 Å². The minimum Gasteiger partial charge on any atom is -0.308 e. The highest BCUT2D eigenvalue weighted by Gasteiger charge is 2.08. The number of imidazole rings is 1. The Kier molecular flexibility index (Phi) is 3.91. The first-order valence-corrected chi connectivity index (χ1v) is 6.45.